The predicted molar refractivity (Wildman–Crippen MR) is 84.2 cm³/mol. The number of nitrogens with zero attached hydrogens (tertiary/aromatic N) is 1. The Morgan fingerprint density at radius 1 is 1.16 bits per heavy atom. The molecule has 0 amide bonds. The number of rotatable bonds is 6. The van der Waals surface area contributed by atoms with Crippen molar-refractivity contribution in [3.8, 4) is 0 Å². The molecule has 0 spiro atoms. The van der Waals surface area contributed by atoms with Crippen molar-refractivity contribution in [1.29, 1.82) is 0 Å². The second kappa shape index (κ2) is 6.66. The van der Waals surface area contributed by atoms with Gasteiger partial charge in [0.2, 0.25) is 0 Å². The van der Waals surface area contributed by atoms with Crippen LogP contribution >= 0.6 is 22.7 Å². The lowest BCUT2D eigenvalue weighted by molar-refractivity contribution is 0.256. The molecule has 0 atom stereocenters. The van der Waals surface area contributed by atoms with Gasteiger partial charge in [0.25, 0.3) is 0 Å². The van der Waals surface area contributed by atoms with Gasteiger partial charge in [0.15, 0.2) is 0 Å². The molecule has 1 aliphatic heterocycles. The Kier molecular flexibility index (Phi) is 4.66. The third kappa shape index (κ3) is 3.66. The van der Waals surface area contributed by atoms with E-state index in [0.29, 0.717) is 0 Å². The van der Waals surface area contributed by atoms with E-state index in [-0.39, 0.29) is 0 Å². The Morgan fingerprint density at radius 2 is 2.16 bits per heavy atom. The fraction of sp³-hybridized carbons (Fsp3) is 0.467. The Morgan fingerprint density at radius 3 is 3.05 bits per heavy atom. The van der Waals surface area contributed by atoms with Crippen molar-refractivity contribution in [2.75, 3.05) is 26.2 Å². The van der Waals surface area contributed by atoms with Crippen LogP contribution in [0.25, 0.3) is 0 Å². The average Bonchev–Trinajstić information content (AvgIpc) is 3.08. The minimum atomic E-state index is 1.10. The van der Waals surface area contributed by atoms with Gasteiger partial charge in [-0.25, -0.2) is 0 Å². The minimum absolute atomic E-state index is 1.10. The third-order valence-corrected chi connectivity index (χ3v) is 5.58. The molecule has 0 radical (unpaired) electrons. The summed E-state index contributed by atoms with van der Waals surface area (Å²) in [5, 5.41) is 7.94. The SMILES string of the molecule is c1csc(CCNCCN2CCc3sccc3C2)c1. The van der Waals surface area contributed by atoms with Crippen LogP contribution in [0.15, 0.2) is 29.0 Å². The minimum Gasteiger partial charge on any atom is -0.315 e. The van der Waals surface area contributed by atoms with Gasteiger partial charge >= 0.3 is 0 Å². The quantitative estimate of drug-likeness (QED) is 0.823. The molecule has 3 rings (SSSR count). The third-order valence-electron chi connectivity index (χ3n) is 3.62. The summed E-state index contributed by atoms with van der Waals surface area (Å²) in [6, 6.07) is 6.64. The van der Waals surface area contributed by atoms with E-state index in [2.05, 4.69) is 39.2 Å². The number of thiophene rings is 2. The van der Waals surface area contributed by atoms with Crippen LogP contribution < -0.4 is 5.32 Å². The van der Waals surface area contributed by atoms with E-state index < -0.39 is 0 Å². The van der Waals surface area contributed by atoms with Gasteiger partial charge in [-0.15, -0.1) is 22.7 Å². The van der Waals surface area contributed by atoms with E-state index in [4.69, 9.17) is 0 Å². The van der Waals surface area contributed by atoms with Gasteiger partial charge in [-0.05, 0) is 41.3 Å². The molecular formula is C15H20N2S2. The van der Waals surface area contributed by atoms with Crippen LogP contribution in [0.3, 0.4) is 0 Å². The zero-order valence-electron chi connectivity index (χ0n) is 11.1. The molecule has 1 N–H and O–H groups in total. The molecule has 2 nitrogen and oxygen atoms in total. The van der Waals surface area contributed by atoms with Gasteiger partial charge in [0.1, 0.15) is 0 Å². The highest BCUT2D eigenvalue weighted by Crippen LogP contribution is 2.23. The maximum absolute atomic E-state index is 3.56. The second-order valence-electron chi connectivity index (χ2n) is 4.97. The lowest BCUT2D eigenvalue weighted by atomic mass is 10.1. The fourth-order valence-electron chi connectivity index (χ4n) is 2.53. The van der Waals surface area contributed by atoms with E-state index in [1.807, 2.05) is 22.7 Å². The van der Waals surface area contributed by atoms with Crippen molar-refractivity contribution >= 4 is 22.7 Å². The van der Waals surface area contributed by atoms with Crippen LogP contribution in [0.5, 0.6) is 0 Å². The van der Waals surface area contributed by atoms with E-state index in [1.165, 1.54) is 24.4 Å². The molecule has 0 saturated heterocycles. The Hall–Kier alpha value is -0.680. The summed E-state index contributed by atoms with van der Waals surface area (Å²) >= 11 is 3.77. The summed E-state index contributed by atoms with van der Waals surface area (Å²) in [6.45, 7) is 5.73. The molecule has 2 aromatic heterocycles. The van der Waals surface area contributed by atoms with Crippen molar-refractivity contribution in [1.82, 2.24) is 10.2 Å². The van der Waals surface area contributed by atoms with Gasteiger partial charge in [0, 0.05) is 42.5 Å². The van der Waals surface area contributed by atoms with Crippen molar-refractivity contribution < 1.29 is 0 Å². The molecule has 0 aromatic carbocycles. The molecule has 0 aliphatic carbocycles. The van der Waals surface area contributed by atoms with E-state index in [1.54, 1.807) is 10.4 Å². The lowest BCUT2D eigenvalue weighted by Gasteiger charge is -2.26. The predicted octanol–water partition coefficient (Wildman–Crippen LogP) is 3.00. The van der Waals surface area contributed by atoms with Gasteiger partial charge in [-0.3, -0.25) is 4.90 Å². The number of fused-ring (bicyclic) bond motifs is 1. The molecule has 0 unspecified atom stereocenters. The number of hydrogen-bond donors (Lipinski definition) is 1. The van der Waals surface area contributed by atoms with Gasteiger partial charge in [0.05, 0.1) is 0 Å². The zero-order valence-corrected chi connectivity index (χ0v) is 12.7. The molecule has 4 heteroatoms. The number of nitrogens with one attached hydrogen (secondary N) is 1. The maximum atomic E-state index is 3.56. The monoisotopic (exact) mass is 292 g/mol. The van der Waals surface area contributed by atoms with Crippen LogP contribution in [-0.4, -0.2) is 31.1 Å². The van der Waals surface area contributed by atoms with Crippen molar-refractivity contribution in [2.45, 2.75) is 19.4 Å². The van der Waals surface area contributed by atoms with Crippen LogP contribution in [0.4, 0.5) is 0 Å². The number of hydrogen-bond acceptors (Lipinski definition) is 4. The van der Waals surface area contributed by atoms with E-state index in [0.717, 1.165) is 26.1 Å². The second-order valence-corrected chi connectivity index (χ2v) is 7.01. The highest BCUT2D eigenvalue weighted by atomic mass is 32.1. The van der Waals surface area contributed by atoms with Gasteiger partial charge in [-0.1, -0.05) is 6.07 Å². The molecule has 0 fully saturated rings. The van der Waals surface area contributed by atoms with Crippen LogP contribution in [0.1, 0.15) is 15.3 Å². The first-order chi connectivity index (χ1) is 9.42. The van der Waals surface area contributed by atoms with Gasteiger partial charge in [-0.2, -0.15) is 0 Å². The van der Waals surface area contributed by atoms with Crippen molar-refractivity contribution in [3.05, 3.63) is 44.3 Å². The molecule has 19 heavy (non-hydrogen) atoms. The van der Waals surface area contributed by atoms with Crippen LogP contribution in [-0.2, 0) is 19.4 Å². The fourth-order valence-corrected chi connectivity index (χ4v) is 4.13. The molecular weight excluding hydrogens is 272 g/mol. The maximum Gasteiger partial charge on any atom is 0.0245 e. The van der Waals surface area contributed by atoms with Crippen LogP contribution in [0.2, 0.25) is 0 Å². The highest BCUT2D eigenvalue weighted by molar-refractivity contribution is 7.10. The zero-order chi connectivity index (χ0) is 12.9. The van der Waals surface area contributed by atoms with Crippen molar-refractivity contribution in [2.24, 2.45) is 0 Å². The molecule has 3 heterocycles. The summed E-state index contributed by atoms with van der Waals surface area (Å²) in [7, 11) is 0. The summed E-state index contributed by atoms with van der Waals surface area (Å²) in [5.41, 5.74) is 1.55. The standard InChI is InChI=1S/C15H20N2S2/c1-2-14(18-10-1)3-6-16-7-9-17-8-4-15-13(12-17)5-11-19-15/h1-2,5,10-11,16H,3-4,6-9,12H2. The summed E-state index contributed by atoms with van der Waals surface area (Å²) in [6.07, 6.45) is 2.40. The Balaban J connectivity index is 1.33. The van der Waals surface area contributed by atoms with Gasteiger partial charge < -0.3 is 5.32 Å². The largest absolute Gasteiger partial charge is 0.315 e. The highest BCUT2D eigenvalue weighted by Gasteiger charge is 2.16. The summed E-state index contributed by atoms with van der Waals surface area (Å²) in [5.74, 6) is 0. The average molecular weight is 292 g/mol. The molecule has 102 valence electrons. The normalized spacial score (nSPS) is 15.6. The first kappa shape index (κ1) is 13.3. The topological polar surface area (TPSA) is 15.3 Å². The van der Waals surface area contributed by atoms with E-state index >= 15 is 0 Å². The molecule has 0 bridgehead atoms. The van der Waals surface area contributed by atoms with E-state index in [9.17, 15) is 0 Å². The Bertz CT molecular complexity index is 490. The smallest absolute Gasteiger partial charge is 0.0245 e. The Labute approximate surface area is 123 Å². The molecule has 1 aliphatic rings. The van der Waals surface area contributed by atoms with Crippen molar-refractivity contribution in [3.63, 3.8) is 0 Å². The summed E-state index contributed by atoms with van der Waals surface area (Å²) in [4.78, 5) is 5.64. The molecule has 2 aromatic rings. The molecule has 0 saturated carbocycles. The van der Waals surface area contributed by atoms with Crippen LogP contribution in [0, 0.1) is 0 Å². The first-order valence-corrected chi connectivity index (χ1v) is 8.68. The first-order valence-electron chi connectivity index (χ1n) is 6.92. The lowest BCUT2D eigenvalue weighted by Crippen LogP contribution is -2.36. The summed E-state index contributed by atoms with van der Waals surface area (Å²) < 4.78 is 0.